The van der Waals surface area contributed by atoms with Gasteiger partial charge in [0.05, 0.1) is 15.7 Å². The molecule has 0 unspecified atom stereocenters. The predicted molar refractivity (Wildman–Crippen MR) is 65.8 cm³/mol. The third kappa shape index (κ3) is 1.90. The van der Waals surface area contributed by atoms with Gasteiger partial charge in [-0.05, 0) is 28.1 Å². The number of halogens is 2. The van der Waals surface area contributed by atoms with Crippen molar-refractivity contribution in [1.82, 2.24) is 9.78 Å². The highest BCUT2D eigenvalue weighted by Crippen LogP contribution is 2.23. The summed E-state index contributed by atoms with van der Waals surface area (Å²) in [6, 6.07) is 6.96. The van der Waals surface area contributed by atoms with Gasteiger partial charge in [-0.3, -0.25) is 9.48 Å². The van der Waals surface area contributed by atoms with Gasteiger partial charge < -0.3 is 0 Å². The Kier molecular flexibility index (Phi) is 3.12. The molecule has 5 heteroatoms. The molecule has 2 rings (SSSR count). The molecular formula is C11H8BrClN2O. The Balaban J connectivity index is 2.52. The van der Waals surface area contributed by atoms with E-state index in [0.717, 1.165) is 0 Å². The zero-order valence-electron chi connectivity index (χ0n) is 8.45. The number of hydrogen-bond acceptors (Lipinski definition) is 2. The molecule has 0 amide bonds. The Morgan fingerprint density at radius 1 is 1.44 bits per heavy atom. The van der Waals surface area contributed by atoms with Gasteiger partial charge in [-0.2, -0.15) is 5.10 Å². The second-order valence-corrected chi connectivity index (χ2v) is 4.54. The van der Waals surface area contributed by atoms with Crippen LogP contribution in [0, 0.1) is 0 Å². The molecule has 0 aliphatic carbocycles. The normalized spacial score (nSPS) is 10.4. The molecule has 0 fully saturated rings. The molecule has 0 spiro atoms. The summed E-state index contributed by atoms with van der Waals surface area (Å²) in [6.07, 6.45) is 1.59. The number of hydrogen-bond donors (Lipinski definition) is 0. The van der Waals surface area contributed by atoms with Gasteiger partial charge in [-0.15, -0.1) is 0 Å². The molecule has 16 heavy (non-hydrogen) atoms. The largest absolute Gasteiger partial charge is 0.287 e. The Labute approximate surface area is 106 Å². The lowest BCUT2D eigenvalue weighted by Gasteiger charge is -2.04. The van der Waals surface area contributed by atoms with Gasteiger partial charge in [0.1, 0.15) is 5.69 Å². The van der Waals surface area contributed by atoms with Crippen molar-refractivity contribution in [2.24, 2.45) is 7.05 Å². The minimum absolute atomic E-state index is 0.141. The highest BCUT2D eigenvalue weighted by Gasteiger charge is 2.18. The maximum Gasteiger partial charge on any atom is 0.213 e. The molecule has 0 N–H and O–H groups in total. The first kappa shape index (κ1) is 11.4. The Morgan fingerprint density at radius 3 is 2.69 bits per heavy atom. The van der Waals surface area contributed by atoms with Gasteiger partial charge in [0, 0.05) is 12.6 Å². The van der Waals surface area contributed by atoms with Crippen LogP contribution >= 0.6 is 27.5 Å². The average Bonchev–Trinajstić information content (AvgIpc) is 2.58. The number of nitrogens with zero attached hydrogens (tertiary/aromatic N) is 2. The molecule has 0 saturated heterocycles. The molecule has 3 nitrogen and oxygen atoms in total. The lowest BCUT2D eigenvalue weighted by Crippen LogP contribution is -2.09. The molecule has 1 aromatic heterocycles. The zero-order valence-corrected chi connectivity index (χ0v) is 10.8. The van der Waals surface area contributed by atoms with Crippen LogP contribution in [0.2, 0.25) is 5.02 Å². The molecule has 0 bridgehead atoms. The summed E-state index contributed by atoms with van der Waals surface area (Å²) >= 11 is 9.27. The van der Waals surface area contributed by atoms with Crippen molar-refractivity contribution in [3.8, 4) is 0 Å². The van der Waals surface area contributed by atoms with Gasteiger partial charge in [0.25, 0.3) is 0 Å². The minimum Gasteiger partial charge on any atom is -0.287 e. The summed E-state index contributed by atoms with van der Waals surface area (Å²) in [5.41, 5.74) is 0.974. The maximum atomic E-state index is 12.2. The van der Waals surface area contributed by atoms with Crippen LogP contribution in [0.4, 0.5) is 0 Å². The molecule has 1 heterocycles. The van der Waals surface area contributed by atoms with Crippen LogP contribution in [0.5, 0.6) is 0 Å². The Morgan fingerprint density at radius 2 is 2.12 bits per heavy atom. The van der Waals surface area contributed by atoms with Crippen molar-refractivity contribution in [3.63, 3.8) is 0 Å². The predicted octanol–water partition coefficient (Wildman–Crippen LogP) is 3.07. The second-order valence-electron chi connectivity index (χ2n) is 3.27. The van der Waals surface area contributed by atoms with Crippen LogP contribution in [0.3, 0.4) is 0 Å². The van der Waals surface area contributed by atoms with Gasteiger partial charge >= 0.3 is 0 Å². The SMILES string of the molecule is Cn1ncc(Br)c1C(=O)c1ccccc1Cl. The lowest BCUT2D eigenvalue weighted by atomic mass is 10.1. The fourth-order valence-corrected chi connectivity index (χ4v) is 2.19. The van der Waals surface area contributed by atoms with E-state index in [4.69, 9.17) is 11.6 Å². The molecule has 1 aromatic carbocycles. The zero-order chi connectivity index (χ0) is 11.7. The second kappa shape index (κ2) is 4.39. The van der Waals surface area contributed by atoms with Crippen LogP contribution < -0.4 is 0 Å². The molecular weight excluding hydrogens is 291 g/mol. The molecule has 0 saturated carbocycles. The molecule has 0 aliphatic heterocycles. The van der Waals surface area contributed by atoms with E-state index in [-0.39, 0.29) is 5.78 Å². The fourth-order valence-electron chi connectivity index (χ4n) is 1.44. The van der Waals surface area contributed by atoms with Gasteiger partial charge in [-0.25, -0.2) is 0 Å². The van der Waals surface area contributed by atoms with Gasteiger partial charge in [0.15, 0.2) is 0 Å². The van der Waals surface area contributed by atoms with E-state index in [1.807, 2.05) is 0 Å². The van der Waals surface area contributed by atoms with E-state index in [1.165, 1.54) is 4.68 Å². The van der Waals surface area contributed by atoms with E-state index >= 15 is 0 Å². The first-order chi connectivity index (χ1) is 7.61. The first-order valence-electron chi connectivity index (χ1n) is 4.58. The summed E-state index contributed by atoms with van der Waals surface area (Å²) in [5.74, 6) is -0.141. The standard InChI is InChI=1S/C11H8BrClN2O/c1-15-10(8(12)6-14-15)11(16)7-4-2-3-5-9(7)13/h2-6H,1H3. The quantitative estimate of drug-likeness (QED) is 0.799. The van der Waals surface area contributed by atoms with Crippen LogP contribution in [-0.2, 0) is 7.05 Å². The van der Waals surface area contributed by atoms with E-state index in [2.05, 4.69) is 21.0 Å². The summed E-state index contributed by atoms with van der Waals surface area (Å²) in [6.45, 7) is 0. The van der Waals surface area contributed by atoms with E-state index < -0.39 is 0 Å². The summed E-state index contributed by atoms with van der Waals surface area (Å²) in [4.78, 5) is 12.2. The number of benzene rings is 1. The molecule has 0 atom stereocenters. The van der Waals surface area contributed by atoms with Crippen LogP contribution in [0.15, 0.2) is 34.9 Å². The highest BCUT2D eigenvalue weighted by atomic mass is 79.9. The van der Waals surface area contributed by atoms with E-state index in [0.29, 0.717) is 20.8 Å². The summed E-state index contributed by atoms with van der Waals surface area (Å²) in [7, 11) is 1.72. The molecule has 0 radical (unpaired) electrons. The van der Waals surface area contributed by atoms with Crippen LogP contribution in [0.25, 0.3) is 0 Å². The number of aryl methyl sites for hydroxylation is 1. The third-order valence-corrected chi connectivity index (χ3v) is 3.14. The van der Waals surface area contributed by atoms with Crippen LogP contribution in [0.1, 0.15) is 16.1 Å². The monoisotopic (exact) mass is 298 g/mol. The lowest BCUT2D eigenvalue weighted by molar-refractivity contribution is 0.102. The topological polar surface area (TPSA) is 34.9 Å². The average molecular weight is 300 g/mol. The number of carbonyl (C=O) groups is 1. The molecule has 2 aromatic rings. The number of carbonyl (C=O) groups excluding carboxylic acids is 1. The van der Waals surface area contributed by atoms with Crippen molar-refractivity contribution < 1.29 is 4.79 Å². The number of ketones is 1. The van der Waals surface area contributed by atoms with Crippen molar-refractivity contribution in [2.45, 2.75) is 0 Å². The summed E-state index contributed by atoms with van der Waals surface area (Å²) in [5, 5.41) is 4.44. The van der Waals surface area contributed by atoms with E-state index in [1.54, 1.807) is 37.5 Å². The molecule has 82 valence electrons. The minimum atomic E-state index is -0.141. The van der Waals surface area contributed by atoms with Crippen molar-refractivity contribution >= 4 is 33.3 Å². The Bertz CT molecular complexity index is 531. The highest BCUT2D eigenvalue weighted by molar-refractivity contribution is 9.10. The van der Waals surface area contributed by atoms with Gasteiger partial charge in [-0.1, -0.05) is 23.7 Å². The summed E-state index contributed by atoms with van der Waals surface area (Å²) < 4.78 is 2.19. The van der Waals surface area contributed by atoms with Crippen molar-refractivity contribution in [3.05, 3.63) is 51.2 Å². The fraction of sp³-hybridized carbons (Fsp3) is 0.0909. The third-order valence-electron chi connectivity index (χ3n) is 2.23. The molecule has 0 aliphatic rings. The van der Waals surface area contributed by atoms with Gasteiger partial charge in [0.2, 0.25) is 5.78 Å². The van der Waals surface area contributed by atoms with Crippen molar-refractivity contribution in [1.29, 1.82) is 0 Å². The number of aromatic nitrogens is 2. The number of rotatable bonds is 2. The van der Waals surface area contributed by atoms with Crippen LogP contribution in [-0.4, -0.2) is 15.6 Å². The van der Waals surface area contributed by atoms with Crippen molar-refractivity contribution in [2.75, 3.05) is 0 Å². The maximum absolute atomic E-state index is 12.2. The van der Waals surface area contributed by atoms with E-state index in [9.17, 15) is 4.79 Å². The Hall–Kier alpha value is -1.13. The smallest absolute Gasteiger partial charge is 0.213 e. The first-order valence-corrected chi connectivity index (χ1v) is 5.75.